The molecule has 0 aliphatic rings. The number of rotatable bonds is 1. The summed E-state index contributed by atoms with van der Waals surface area (Å²) in [7, 11) is 0. The highest BCUT2D eigenvalue weighted by molar-refractivity contribution is 5.84. The zero-order valence-electron chi connectivity index (χ0n) is 4.26. The van der Waals surface area contributed by atoms with Crippen LogP contribution in [0.15, 0.2) is 4.79 Å². The Labute approximate surface area is 49.0 Å². The van der Waals surface area contributed by atoms with Crippen LogP contribution in [0.2, 0.25) is 0 Å². The average molecular weight is 127 g/mol. The summed E-state index contributed by atoms with van der Waals surface area (Å²) in [6, 6.07) is 0. The molecular weight excluding hydrogens is 124 g/mol. The van der Waals surface area contributed by atoms with Gasteiger partial charge in [0.05, 0.1) is 0 Å². The minimum absolute atomic E-state index is 0.407. The van der Waals surface area contributed by atoms with Gasteiger partial charge in [-0.2, -0.15) is 5.10 Å². The lowest BCUT2D eigenvalue weighted by Crippen LogP contribution is -2.24. The van der Waals surface area contributed by atoms with Gasteiger partial charge in [-0.15, -0.1) is 0 Å². The van der Waals surface area contributed by atoms with Gasteiger partial charge in [0.15, 0.2) is 5.69 Å². The van der Waals surface area contributed by atoms with Crippen molar-refractivity contribution in [1.82, 2.24) is 15.4 Å². The molecule has 0 amide bonds. The number of aromatic amines is 2. The molecule has 48 valence electrons. The van der Waals surface area contributed by atoms with E-state index in [0.29, 0.717) is 0 Å². The van der Waals surface area contributed by atoms with Crippen molar-refractivity contribution in [2.24, 2.45) is 0 Å². The maximum absolute atomic E-state index is 10.4. The molecule has 0 saturated heterocycles. The normalized spacial score (nSPS) is 9.33. The van der Waals surface area contributed by atoms with Gasteiger partial charge >= 0.3 is 0 Å². The van der Waals surface area contributed by atoms with Gasteiger partial charge in [0.2, 0.25) is 0 Å². The number of nitrogens with zero attached hydrogens (tertiary/aromatic N) is 1. The van der Waals surface area contributed by atoms with Crippen molar-refractivity contribution in [2.75, 3.05) is 0 Å². The Morgan fingerprint density at radius 1 is 1.78 bits per heavy atom. The highest BCUT2D eigenvalue weighted by atomic mass is 16.3. The van der Waals surface area contributed by atoms with E-state index in [-0.39, 0.29) is 0 Å². The molecule has 0 fully saturated rings. The van der Waals surface area contributed by atoms with Crippen LogP contribution >= 0.6 is 0 Å². The van der Waals surface area contributed by atoms with Crippen molar-refractivity contribution < 1.29 is 5.11 Å². The van der Waals surface area contributed by atoms with E-state index in [2.05, 4.69) is 10.3 Å². The van der Waals surface area contributed by atoms with Gasteiger partial charge in [0, 0.05) is 5.90 Å². The van der Waals surface area contributed by atoms with Crippen molar-refractivity contribution in [3.05, 3.63) is 16.0 Å². The van der Waals surface area contributed by atoms with Crippen LogP contribution in [0, 0.1) is 5.41 Å². The number of H-pyrrole nitrogens is 2. The monoisotopic (exact) mass is 127 g/mol. The predicted molar refractivity (Wildman–Crippen MR) is 26.0 cm³/mol. The molecule has 0 aliphatic carbocycles. The summed E-state index contributed by atoms with van der Waals surface area (Å²) in [6.45, 7) is 0. The van der Waals surface area contributed by atoms with Crippen molar-refractivity contribution in [1.29, 1.82) is 5.41 Å². The Morgan fingerprint density at radius 3 is 2.67 bits per heavy atom. The Balaban J connectivity index is 3.24. The smallest absolute Gasteiger partial charge is 0.292 e. The summed E-state index contributed by atoms with van der Waals surface area (Å²) < 4.78 is 0. The van der Waals surface area contributed by atoms with Crippen LogP contribution in [0.3, 0.4) is 0 Å². The number of aromatic nitrogens is 3. The number of hydrogen-bond donors (Lipinski definition) is 3. The molecule has 0 radical (unpaired) electrons. The number of hydrogen-bond acceptors (Lipinski definition) is 4. The molecule has 6 heteroatoms. The van der Waals surface area contributed by atoms with E-state index in [1.165, 1.54) is 0 Å². The zero-order chi connectivity index (χ0) is 6.85. The first-order chi connectivity index (χ1) is 4.22. The SMILES string of the molecule is N=C([O-])c1n[nH][nH]c1=O. The van der Waals surface area contributed by atoms with E-state index in [4.69, 9.17) is 5.41 Å². The third-order valence-electron chi connectivity index (χ3n) is 0.767. The van der Waals surface area contributed by atoms with Crippen LogP contribution in [-0.2, 0) is 0 Å². The second-order valence-corrected chi connectivity index (χ2v) is 1.36. The Hall–Kier alpha value is -1.59. The van der Waals surface area contributed by atoms with E-state index in [0.717, 1.165) is 0 Å². The van der Waals surface area contributed by atoms with Crippen molar-refractivity contribution in [3.8, 4) is 0 Å². The summed E-state index contributed by atoms with van der Waals surface area (Å²) in [4.78, 5) is 10.4. The molecule has 0 aromatic carbocycles. The summed E-state index contributed by atoms with van der Waals surface area (Å²) in [5.41, 5.74) is -1.06. The van der Waals surface area contributed by atoms with E-state index in [9.17, 15) is 9.90 Å². The molecule has 0 bridgehead atoms. The third-order valence-corrected chi connectivity index (χ3v) is 0.767. The lowest BCUT2D eigenvalue weighted by molar-refractivity contribution is -0.215. The van der Waals surface area contributed by atoms with E-state index >= 15 is 0 Å². The summed E-state index contributed by atoms with van der Waals surface area (Å²) >= 11 is 0. The van der Waals surface area contributed by atoms with E-state index < -0.39 is 17.2 Å². The summed E-state index contributed by atoms with van der Waals surface area (Å²) in [6.07, 6.45) is 0. The van der Waals surface area contributed by atoms with E-state index in [1.54, 1.807) is 0 Å². The lowest BCUT2D eigenvalue weighted by Gasteiger charge is -1.96. The molecule has 0 saturated carbocycles. The molecule has 6 nitrogen and oxygen atoms in total. The highest BCUT2D eigenvalue weighted by Crippen LogP contribution is 1.72. The Bertz CT molecular complexity index is 271. The third kappa shape index (κ3) is 0.809. The standard InChI is InChI=1S/C3H4N4O2/c4-2(8)1-3(9)6-7-5-1/h(H2,4,8)(H2,5,6,7,9)/p-1. The van der Waals surface area contributed by atoms with Gasteiger partial charge in [-0.1, -0.05) is 0 Å². The van der Waals surface area contributed by atoms with E-state index in [1.807, 2.05) is 5.10 Å². The molecule has 1 aromatic heterocycles. The molecule has 9 heavy (non-hydrogen) atoms. The van der Waals surface area contributed by atoms with Crippen molar-refractivity contribution in [3.63, 3.8) is 0 Å². The topological polar surface area (TPSA) is 108 Å². The molecule has 0 spiro atoms. The maximum atomic E-state index is 10.4. The predicted octanol–water partition coefficient (Wildman–Crippen LogP) is -2.22. The van der Waals surface area contributed by atoms with Gasteiger partial charge in [0.25, 0.3) is 5.56 Å². The van der Waals surface area contributed by atoms with Gasteiger partial charge in [0.1, 0.15) is 0 Å². The van der Waals surface area contributed by atoms with Crippen molar-refractivity contribution >= 4 is 5.90 Å². The van der Waals surface area contributed by atoms with Gasteiger partial charge in [-0.05, 0) is 0 Å². The molecule has 0 atom stereocenters. The minimum Gasteiger partial charge on any atom is -0.857 e. The quantitative estimate of drug-likeness (QED) is 0.293. The van der Waals surface area contributed by atoms with Crippen LogP contribution in [0.1, 0.15) is 5.69 Å². The van der Waals surface area contributed by atoms with Gasteiger partial charge < -0.3 is 10.5 Å². The first-order valence-corrected chi connectivity index (χ1v) is 2.11. The fourth-order valence-corrected chi connectivity index (χ4v) is 0.398. The molecule has 1 rings (SSSR count). The minimum atomic E-state index is -1.09. The Kier molecular flexibility index (Phi) is 1.07. The van der Waals surface area contributed by atoms with Crippen LogP contribution in [0.5, 0.6) is 0 Å². The second kappa shape index (κ2) is 1.73. The largest absolute Gasteiger partial charge is 0.857 e. The maximum Gasteiger partial charge on any atom is 0.292 e. The van der Waals surface area contributed by atoms with Crippen LogP contribution in [0.25, 0.3) is 0 Å². The fraction of sp³-hybridized carbons (Fsp3) is 0. The van der Waals surface area contributed by atoms with Crippen LogP contribution in [-0.4, -0.2) is 21.3 Å². The average Bonchev–Trinajstić information content (AvgIpc) is 2.13. The summed E-state index contributed by atoms with van der Waals surface area (Å²) in [5, 5.41) is 23.8. The molecule has 0 unspecified atom stereocenters. The molecule has 1 aromatic rings. The van der Waals surface area contributed by atoms with Crippen LogP contribution in [0.4, 0.5) is 0 Å². The molecule has 0 aliphatic heterocycles. The van der Waals surface area contributed by atoms with Gasteiger partial charge in [-0.25, -0.2) is 10.3 Å². The molecular formula is C3H3N4O2-. The number of nitrogens with one attached hydrogen (secondary N) is 3. The second-order valence-electron chi connectivity index (χ2n) is 1.36. The Morgan fingerprint density at radius 2 is 2.44 bits per heavy atom. The van der Waals surface area contributed by atoms with Gasteiger partial charge in [-0.3, -0.25) is 4.79 Å². The first kappa shape index (κ1) is 5.54. The highest BCUT2D eigenvalue weighted by Gasteiger charge is 1.97. The van der Waals surface area contributed by atoms with Crippen LogP contribution < -0.4 is 10.7 Å². The zero-order valence-corrected chi connectivity index (χ0v) is 4.26. The molecule has 3 N–H and O–H groups in total. The fourth-order valence-electron chi connectivity index (χ4n) is 0.398. The van der Waals surface area contributed by atoms with Crippen molar-refractivity contribution in [2.45, 2.75) is 0 Å². The first-order valence-electron chi connectivity index (χ1n) is 2.11. The molecule has 1 heterocycles. The lowest BCUT2D eigenvalue weighted by atomic mass is 10.5. The summed E-state index contributed by atoms with van der Waals surface area (Å²) in [5.74, 6) is -1.09.